The van der Waals surface area contributed by atoms with Crippen LogP contribution in [0.4, 0.5) is 5.69 Å². The van der Waals surface area contributed by atoms with E-state index >= 15 is 0 Å². The van der Waals surface area contributed by atoms with E-state index in [1.807, 2.05) is 19.1 Å². The molecular formula is C25H29NO6. The second kappa shape index (κ2) is 9.85. The number of phenols is 1. The van der Waals surface area contributed by atoms with Gasteiger partial charge in [-0.25, -0.2) is 9.59 Å². The van der Waals surface area contributed by atoms with Gasteiger partial charge in [-0.3, -0.25) is 4.79 Å². The van der Waals surface area contributed by atoms with E-state index in [9.17, 15) is 19.5 Å². The minimum absolute atomic E-state index is 0.110. The van der Waals surface area contributed by atoms with Crippen LogP contribution in [0.1, 0.15) is 49.0 Å². The number of methoxy groups -OCH3 is 1. The number of hydrogen-bond donors (Lipinski definition) is 1. The topological polar surface area (TPSA) is 93.1 Å². The number of carbonyl (C=O) groups excluding carboxylic acids is 3. The van der Waals surface area contributed by atoms with Gasteiger partial charge in [0.15, 0.2) is 11.8 Å². The third-order valence-electron chi connectivity index (χ3n) is 5.68. The smallest absolute Gasteiger partial charge is 0.337 e. The molecule has 7 heteroatoms. The Bertz CT molecular complexity index is 966. The van der Waals surface area contributed by atoms with Crippen molar-refractivity contribution < 1.29 is 29.0 Å². The first-order valence-corrected chi connectivity index (χ1v) is 10.7. The second-order valence-electron chi connectivity index (χ2n) is 8.32. The third-order valence-corrected chi connectivity index (χ3v) is 5.68. The summed E-state index contributed by atoms with van der Waals surface area (Å²) in [4.78, 5) is 39.8. The van der Waals surface area contributed by atoms with Crippen LogP contribution in [0.15, 0.2) is 48.5 Å². The van der Waals surface area contributed by atoms with Crippen LogP contribution < -0.4 is 4.90 Å². The monoisotopic (exact) mass is 439 g/mol. The quantitative estimate of drug-likeness (QED) is 0.495. The normalized spacial score (nSPS) is 20.5. The highest BCUT2D eigenvalue weighted by Crippen LogP contribution is 2.32. The van der Waals surface area contributed by atoms with E-state index in [2.05, 4.69) is 0 Å². The zero-order valence-corrected chi connectivity index (χ0v) is 18.7. The molecular weight excluding hydrogens is 410 g/mol. The minimum Gasteiger partial charge on any atom is -0.508 e. The Hall–Kier alpha value is -3.35. The van der Waals surface area contributed by atoms with Crippen molar-refractivity contribution >= 4 is 23.4 Å². The molecule has 1 aliphatic heterocycles. The number of rotatable bonds is 8. The number of anilines is 1. The number of carbonyl (C=O) groups is 3. The minimum atomic E-state index is -1.05. The summed E-state index contributed by atoms with van der Waals surface area (Å²) in [6.07, 6.45) is 1.92. The fourth-order valence-corrected chi connectivity index (χ4v) is 4.02. The molecule has 2 unspecified atom stereocenters. The lowest BCUT2D eigenvalue weighted by Crippen LogP contribution is -2.56. The molecule has 3 rings (SSSR count). The zero-order valence-electron chi connectivity index (χ0n) is 18.7. The zero-order chi connectivity index (χ0) is 23.3. The number of Topliss-reactive ketones (excluding diaryl/α,β-unsaturated/α-hetero) is 1. The Kier molecular flexibility index (Phi) is 7.18. The maximum absolute atomic E-state index is 13.2. The summed E-state index contributed by atoms with van der Waals surface area (Å²) in [5, 5.41) is 9.43. The predicted molar refractivity (Wildman–Crippen MR) is 120 cm³/mol. The molecule has 0 bridgehead atoms. The molecule has 170 valence electrons. The van der Waals surface area contributed by atoms with E-state index in [4.69, 9.17) is 9.47 Å². The van der Waals surface area contributed by atoms with Crippen LogP contribution in [-0.4, -0.2) is 48.1 Å². The van der Waals surface area contributed by atoms with Crippen LogP contribution >= 0.6 is 0 Å². The van der Waals surface area contributed by atoms with Crippen molar-refractivity contribution in [2.24, 2.45) is 0 Å². The first kappa shape index (κ1) is 23.3. The molecule has 0 aliphatic carbocycles. The molecule has 1 aliphatic rings. The maximum atomic E-state index is 13.2. The van der Waals surface area contributed by atoms with Gasteiger partial charge in [0.2, 0.25) is 0 Å². The van der Waals surface area contributed by atoms with Crippen molar-refractivity contribution in [3.8, 4) is 5.75 Å². The van der Waals surface area contributed by atoms with Crippen molar-refractivity contribution in [3.05, 3.63) is 59.7 Å². The van der Waals surface area contributed by atoms with Crippen LogP contribution in [0.2, 0.25) is 0 Å². The molecule has 1 N–H and O–H groups in total. The van der Waals surface area contributed by atoms with Crippen molar-refractivity contribution in [2.45, 2.75) is 51.2 Å². The number of benzene rings is 2. The Labute approximate surface area is 187 Å². The summed E-state index contributed by atoms with van der Waals surface area (Å²) < 4.78 is 10.6. The molecule has 2 aromatic rings. The third kappa shape index (κ3) is 5.28. The molecule has 32 heavy (non-hydrogen) atoms. The van der Waals surface area contributed by atoms with Gasteiger partial charge < -0.3 is 19.5 Å². The maximum Gasteiger partial charge on any atom is 0.337 e. The molecule has 2 aromatic carbocycles. The Morgan fingerprint density at radius 3 is 2.56 bits per heavy atom. The number of aromatic hydroxyl groups is 1. The van der Waals surface area contributed by atoms with Crippen LogP contribution in [-0.2, 0) is 25.5 Å². The van der Waals surface area contributed by atoms with Crippen LogP contribution in [0, 0.1) is 0 Å². The van der Waals surface area contributed by atoms with Gasteiger partial charge in [-0.15, -0.1) is 0 Å². The van der Waals surface area contributed by atoms with E-state index in [0.717, 1.165) is 5.56 Å². The van der Waals surface area contributed by atoms with Gasteiger partial charge in [-0.1, -0.05) is 25.1 Å². The lowest BCUT2D eigenvalue weighted by molar-refractivity contribution is -0.171. The number of aryl methyl sites for hydroxylation is 1. The van der Waals surface area contributed by atoms with E-state index in [-0.39, 0.29) is 18.0 Å². The van der Waals surface area contributed by atoms with Crippen molar-refractivity contribution in [1.29, 1.82) is 0 Å². The summed E-state index contributed by atoms with van der Waals surface area (Å²) in [7, 11) is 1.31. The van der Waals surface area contributed by atoms with Gasteiger partial charge in [-0.2, -0.15) is 0 Å². The highest BCUT2D eigenvalue weighted by Gasteiger charge is 2.46. The largest absolute Gasteiger partial charge is 0.508 e. The summed E-state index contributed by atoms with van der Waals surface area (Å²) in [5.74, 6) is -1.07. The number of ketones is 1. The molecule has 0 spiro atoms. The van der Waals surface area contributed by atoms with Crippen LogP contribution in [0.25, 0.3) is 0 Å². The molecule has 2 atom stereocenters. The van der Waals surface area contributed by atoms with E-state index in [1.54, 1.807) is 48.2 Å². The van der Waals surface area contributed by atoms with E-state index in [0.29, 0.717) is 37.1 Å². The Morgan fingerprint density at radius 2 is 1.94 bits per heavy atom. The summed E-state index contributed by atoms with van der Waals surface area (Å²) in [6.45, 7) is 4.19. The summed E-state index contributed by atoms with van der Waals surface area (Å²) in [6, 6.07) is 12.5. The average Bonchev–Trinajstić information content (AvgIpc) is 2.77. The number of cyclic esters (lactones) is 1. The van der Waals surface area contributed by atoms with E-state index in [1.165, 1.54) is 7.11 Å². The molecule has 1 saturated heterocycles. The molecule has 1 fully saturated rings. The van der Waals surface area contributed by atoms with Gasteiger partial charge in [0.05, 0.1) is 12.7 Å². The molecule has 0 amide bonds. The molecule has 0 aromatic heterocycles. The van der Waals surface area contributed by atoms with Gasteiger partial charge in [0, 0.05) is 18.7 Å². The van der Waals surface area contributed by atoms with Crippen LogP contribution in [0.5, 0.6) is 5.75 Å². The predicted octanol–water partition coefficient (Wildman–Crippen LogP) is 3.67. The first-order valence-electron chi connectivity index (χ1n) is 10.7. The molecule has 0 saturated carbocycles. The fraction of sp³-hybridized carbons (Fsp3) is 0.400. The standard InChI is InChI=1S/C25H29NO6/c1-4-14-26(19-7-5-6-18(15-19)23(29)31-3)22-21(28)16-25(2,32-24(22)30)13-12-17-8-10-20(27)11-9-17/h5-11,15,22,27H,4,12-14,16H2,1-3H3. The van der Waals surface area contributed by atoms with E-state index < -0.39 is 23.6 Å². The number of ether oxygens (including phenoxy) is 2. The van der Waals surface area contributed by atoms with Crippen molar-refractivity contribution in [1.82, 2.24) is 0 Å². The summed E-state index contributed by atoms with van der Waals surface area (Å²) in [5.41, 5.74) is 1.04. The highest BCUT2D eigenvalue weighted by molar-refractivity contribution is 6.08. The second-order valence-corrected chi connectivity index (χ2v) is 8.32. The van der Waals surface area contributed by atoms with Gasteiger partial charge in [0.1, 0.15) is 11.4 Å². The SMILES string of the molecule is CCCN(c1cccc(C(=O)OC)c1)C1C(=O)CC(C)(CCc2ccc(O)cc2)OC1=O. The van der Waals surface area contributed by atoms with Crippen LogP contribution in [0.3, 0.4) is 0 Å². The molecule has 1 heterocycles. The lowest BCUT2D eigenvalue weighted by atomic mass is 9.86. The Morgan fingerprint density at radius 1 is 1.22 bits per heavy atom. The number of esters is 2. The van der Waals surface area contributed by atoms with Crippen molar-refractivity contribution in [2.75, 3.05) is 18.6 Å². The summed E-state index contributed by atoms with van der Waals surface area (Å²) >= 11 is 0. The molecule has 7 nitrogen and oxygen atoms in total. The lowest BCUT2D eigenvalue weighted by Gasteiger charge is -2.40. The Balaban J connectivity index is 1.78. The first-order chi connectivity index (χ1) is 15.3. The number of nitrogens with zero attached hydrogens (tertiary/aromatic N) is 1. The van der Waals surface area contributed by atoms with Gasteiger partial charge in [-0.05, 0) is 62.1 Å². The van der Waals surface area contributed by atoms with Gasteiger partial charge >= 0.3 is 11.9 Å². The molecule has 0 radical (unpaired) electrons. The van der Waals surface area contributed by atoms with Crippen molar-refractivity contribution in [3.63, 3.8) is 0 Å². The fourth-order valence-electron chi connectivity index (χ4n) is 4.02. The average molecular weight is 440 g/mol. The highest BCUT2D eigenvalue weighted by atomic mass is 16.6. The van der Waals surface area contributed by atoms with Gasteiger partial charge in [0.25, 0.3) is 0 Å². The number of hydrogen-bond acceptors (Lipinski definition) is 7. The number of phenolic OH excluding ortho intramolecular Hbond substituents is 1.